The van der Waals surface area contributed by atoms with Gasteiger partial charge < -0.3 is 14.0 Å². The summed E-state index contributed by atoms with van der Waals surface area (Å²) in [6.45, 7) is 4.51. The highest BCUT2D eigenvalue weighted by Crippen LogP contribution is 2.25. The zero-order chi connectivity index (χ0) is 17.4. The van der Waals surface area contributed by atoms with Crippen molar-refractivity contribution in [3.63, 3.8) is 0 Å². The molecule has 0 radical (unpaired) electrons. The van der Waals surface area contributed by atoms with E-state index in [9.17, 15) is 4.79 Å². The number of aryl methyl sites for hydroxylation is 2. The molecule has 6 nitrogen and oxygen atoms in total. The third kappa shape index (κ3) is 2.84. The molecule has 1 aliphatic heterocycles. The molecule has 0 aromatic carbocycles. The molecule has 3 aromatic rings. The van der Waals surface area contributed by atoms with Crippen molar-refractivity contribution >= 4 is 5.91 Å². The maximum atomic E-state index is 12.5. The number of amides is 1. The van der Waals surface area contributed by atoms with Gasteiger partial charge in [0.25, 0.3) is 5.91 Å². The maximum absolute atomic E-state index is 12.5. The van der Waals surface area contributed by atoms with Crippen LogP contribution in [0.25, 0.3) is 11.4 Å². The van der Waals surface area contributed by atoms with E-state index in [1.165, 1.54) is 0 Å². The van der Waals surface area contributed by atoms with Gasteiger partial charge in [-0.2, -0.15) is 0 Å². The molecule has 4 heterocycles. The van der Waals surface area contributed by atoms with Crippen molar-refractivity contribution in [2.75, 3.05) is 13.1 Å². The summed E-state index contributed by atoms with van der Waals surface area (Å²) in [5, 5.41) is 0. The predicted molar refractivity (Wildman–Crippen MR) is 95.0 cm³/mol. The summed E-state index contributed by atoms with van der Waals surface area (Å²) in [4.78, 5) is 23.1. The summed E-state index contributed by atoms with van der Waals surface area (Å²) < 4.78 is 4.10. The van der Waals surface area contributed by atoms with Crippen LogP contribution in [-0.2, 0) is 13.6 Å². The highest BCUT2D eigenvalue weighted by atomic mass is 16.2. The van der Waals surface area contributed by atoms with Gasteiger partial charge in [0, 0.05) is 68.6 Å². The number of rotatable bonds is 4. The van der Waals surface area contributed by atoms with Crippen LogP contribution in [0.1, 0.15) is 16.2 Å². The van der Waals surface area contributed by atoms with Gasteiger partial charge in [0.15, 0.2) is 0 Å². The van der Waals surface area contributed by atoms with E-state index in [4.69, 9.17) is 0 Å². The van der Waals surface area contributed by atoms with Crippen molar-refractivity contribution in [2.24, 2.45) is 13.0 Å². The van der Waals surface area contributed by atoms with Crippen LogP contribution in [0.15, 0.2) is 49.1 Å². The lowest BCUT2D eigenvalue weighted by Crippen LogP contribution is -2.51. The summed E-state index contributed by atoms with van der Waals surface area (Å²) >= 11 is 0. The fourth-order valence-electron chi connectivity index (χ4n) is 3.37. The smallest absolute Gasteiger partial charge is 0.270 e. The van der Waals surface area contributed by atoms with Crippen molar-refractivity contribution in [1.29, 1.82) is 0 Å². The predicted octanol–water partition coefficient (Wildman–Crippen LogP) is 2.36. The van der Waals surface area contributed by atoms with Crippen LogP contribution < -0.4 is 0 Å². The third-order valence-electron chi connectivity index (χ3n) is 4.82. The molecule has 1 amide bonds. The Morgan fingerprint density at radius 2 is 2.08 bits per heavy atom. The largest absolute Gasteiger partial charge is 0.347 e. The van der Waals surface area contributed by atoms with E-state index in [1.54, 1.807) is 6.20 Å². The second kappa shape index (κ2) is 6.20. The molecule has 1 saturated heterocycles. The Kier molecular flexibility index (Phi) is 3.87. The third-order valence-corrected chi connectivity index (χ3v) is 4.82. The molecular formula is C19H21N5O. The minimum absolute atomic E-state index is 0.110. The second-order valence-electron chi connectivity index (χ2n) is 6.66. The molecule has 0 spiro atoms. The first-order valence-corrected chi connectivity index (χ1v) is 8.46. The van der Waals surface area contributed by atoms with Gasteiger partial charge in [-0.3, -0.25) is 9.78 Å². The summed E-state index contributed by atoms with van der Waals surface area (Å²) in [5.41, 5.74) is 2.89. The monoisotopic (exact) mass is 335 g/mol. The zero-order valence-electron chi connectivity index (χ0n) is 14.5. The quantitative estimate of drug-likeness (QED) is 0.735. The molecule has 3 aromatic heterocycles. The Morgan fingerprint density at radius 3 is 2.76 bits per heavy atom. The van der Waals surface area contributed by atoms with E-state index in [0.29, 0.717) is 5.92 Å². The van der Waals surface area contributed by atoms with E-state index in [-0.39, 0.29) is 5.91 Å². The van der Waals surface area contributed by atoms with Crippen LogP contribution in [0.3, 0.4) is 0 Å². The van der Waals surface area contributed by atoms with Gasteiger partial charge in [-0.25, -0.2) is 4.98 Å². The Labute approximate surface area is 146 Å². The molecule has 0 unspecified atom stereocenters. The average molecular weight is 335 g/mol. The Balaban J connectivity index is 1.45. The van der Waals surface area contributed by atoms with E-state index in [2.05, 4.69) is 21.5 Å². The fraction of sp³-hybridized carbons (Fsp3) is 0.316. The minimum atomic E-state index is 0.110. The van der Waals surface area contributed by atoms with Gasteiger partial charge in [-0.15, -0.1) is 0 Å². The average Bonchev–Trinajstić information content (AvgIpc) is 3.17. The van der Waals surface area contributed by atoms with E-state index in [1.807, 2.05) is 59.4 Å². The lowest BCUT2D eigenvalue weighted by molar-refractivity contribution is 0.0459. The Bertz CT molecular complexity index is 890. The molecule has 0 bridgehead atoms. The summed E-state index contributed by atoms with van der Waals surface area (Å²) in [7, 11) is 1.90. The van der Waals surface area contributed by atoms with Crippen molar-refractivity contribution in [2.45, 2.75) is 13.5 Å². The first kappa shape index (κ1) is 15.6. The normalized spacial score (nSPS) is 14.6. The first-order valence-electron chi connectivity index (χ1n) is 8.46. The molecule has 0 N–H and O–H groups in total. The van der Waals surface area contributed by atoms with Crippen molar-refractivity contribution in [1.82, 2.24) is 24.0 Å². The second-order valence-corrected chi connectivity index (χ2v) is 6.66. The molecule has 128 valence electrons. The summed E-state index contributed by atoms with van der Waals surface area (Å²) in [6, 6.07) is 7.72. The number of carbonyl (C=O) groups is 1. The van der Waals surface area contributed by atoms with Gasteiger partial charge in [0.2, 0.25) is 0 Å². The first-order chi connectivity index (χ1) is 12.1. The summed E-state index contributed by atoms with van der Waals surface area (Å²) in [6.07, 6.45) is 7.40. The molecule has 1 aliphatic rings. The van der Waals surface area contributed by atoms with Gasteiger partial charge in [-0.05, 0) is 31.2 Å². The van der Waals surface area contributed by atoms with Gasteiger partial charge in [0.05, 0.1) is 0 Å². The number of hydrogen-bond acceptors (Lipinski definition) is 3. The lowest BCUT2D eigenvalue weighted by Gasteiger charge is -2.39. The molecule has 4 rings (SSSR count). The zero-order valence-corrected chi connectivity index (χ0v) is 14.5. The number of aromatic nitrogens is 4. The lowest BCUT2D eigenvalue weighted by atomic mass is 9.99. The van der Waals surface area contributed by atoms with Gasteiger partial charge >= 0.3 is 0 Å². The molecule has 0 aliphatic carbocycles. The van der Waals surface area contributed by atoms with Crippen LogP contribution in [-0.4, -0.2) is 43.0 Å². The van der Waals surface area contributed by atoms with Crippen LogP contribution in [0.5, 0.6) is 0 Å². The highest BCUT2D eigenvalue weighted by Gasteiger charge is 2.32. The fourth-order valence-corrected chi connectivity index (χ4v) is 3.37. The molecule has 0 saturated carbocycles. The van der Waals surface area contributed by atoms with E-state index < -0.39 is 0 Å². The van der Waals surface area contributed by atoms with Crippen molar-refractivity contribution in [3.8, 4) is 11.4 Å². The van der Waals surface area contributed by atoms with Gasteiger partial charge in [-0.1, -0.05) is 0 Å². The molecule has 1 fully saturated rings. The van der Waals surface area contributed by atoms with Crippen molar-refractivity contribution < 1.29 is 4.79 Å². The SMILES string of the molecule is Cc1cnc(-c2cccnc2)n1CC1CN(C(=O)c2cccn2C)C1. The Morgan fingerprint density at radius 1 is 1.24 bits per heavy atom. The number of carbonyl (C=O) groups excluding carboxylic acids is 1. The number of imidazole rings is 1. The highest BCUT2D eigenvalue weighted by molar-refractivity contribution is 5.93. The molecular weight excluding hydrogens is 314 g/mol. The molecule has 0 atom stereocenters. The van der Waals surface area contributed by atoms with Crippen LogP contribution in [0.2, 0.25) is 0 Å². The number of likely N-dealkylation sites (tertiary alicyclic amines) is 1. The summed E-state index contributed by atoms with van der Waals surface area (Å²) in [5.74, 6) is 1.50. The van der Waals surface area contributed by atoms with Crippen LogP contribution >= 0.6 is 0 Å². The minimum Gasteiger partial charge on any atom is -0.347 e. The topological polar surface area (TPSA) is 56.0 Å². The van der Waals surface area contributed by atoms with Gasteiger partial charge in [0.1, 0.15) is 11.5 Å². The van der Waals surface area contributed by atoms with E-state index >= 15 is 0 Å². The van der Waals surface area contributed by atoms with Crippen LogP contribution in [0, 0.1) is 12.8 Å². The van der Waals surface area contributed by atoms with Crippen LogP contribution in [0.4, 0.5) is 0 Å². The van der Waals surface area contributed by atoms with E-state index in [0.717, 1.165) is 42.4 Å². The van der Waals surface area contributed by atoms with Crippen molar-refractivity contribution in [3.05, 3.63) is 60.4 Å². The molecule has 25 heavy (non-hydrogen) atoms. The number of hydrogen-bond donors (Lipinski definition) is 0. The standard InChI is InChI=1S/C19H21N5O/c1-14-9-21-18(16-5-3-7-20-10-16)24(14)13-15-11-23(12-15)19(25)17-6-4-8-22(17)2/h3-10,15H,11-13H2,1-2H3. The number of nitrogens with zero attached hydrogens (tertiary/aromatic N) is 5. The Hall–Kier alpha value is -2.89. The molecule has 6 heteroatoms. The number of pyridine rings is 1. The maximum Gasteiger partial charge on any atom is 0.270 e.